The smallest absolute Gasteiger partial charge is 0.123 e. The molecule has 0 aliphatic carbocycles. The number of pyridine rings is 1. The lowest BCUT2D eigenvalue weighted by atomic mass is 9.99. The van der Waals surface area contributed by atoms with Gasteiger partial charge in [0.15, 0.2) is 0 Å². The Labute approximate surface area is 776 Å². The summed E-state index contributed by atoms with van der Waals surface area (Å²) in [6.07, 6.45) is 19.3. The van der Waals surface area contributed by atoms with E-state index in [1.165, 1.54) is 242 Å². The number of likely N-dealkylation sites (tertiary alicyclic amines) is 1. The van der Waals surface area contributed by atoms with Crippen molar-refractivity contribution in [1.82, 2.24) is 75.7 Å². The number of aryl methyl sites for hydroxylation is 1. The first kappa shape index (κ1) is 90.9. The van der Waals surface area contributed by atoms with E-state index < -0.39 is 0 Å². The Balaban J connectivity index is 0.000000118. The Kier molecular flexibility index (Phi) is 30.1. The number of fused-ring (bicyclic) bond motifs is 5. The second-order valence-corrected chi connectivity index (χ2v) is 38.8. The van der Waals surface area contributed by atoms with Crippen LogP contribution in [0.25, 0.3) is 99.5 Å². The van der Waals surface area contributed by atoms with Crippen molar-refractivity contribution in [2.75, 3.05) is 177 Å². The second kappa shape index (κ2) is 43.4. The van der Waals surface area contributed by atoms with Gasteiger partial charge in [-0.2, -0.15) is 0 Å². The number of para-hydroxylation sites is 4. The Morgan fingerprint density at radius 1 is 0.374 bits per heavy atom. The number of nitrogens with zero attached hydrogens (tertiary/aromatic N) is 10. The molecule has 14 aromatic rings. The fourth-order valence-corrected chi connectivity index (χ4v) is 21.4. The van der Waals surface area contributed by atoms with Crippen molar-refractivity contribution in [3.05, 3.63) is 247 Å². The molecule has 21 rings (SSSR count). The molecule has 0 spiro atoms. The van der Waals surface area contributed by atoms with Crippen LogP contribution in [0.5, 0.6) is 0 Å². The summed E-state index contributed by atoms with van der Waals surface area (Å²) in [7, 11) is 2.23. The molecule has 131 heavy (non-hydrogen) atoms. The predicted molar refractivity (Wildman–Crippen MR) is 549 cm³/mol. The number of nitrogens with one attached hydrogen (secondary N) is 9. The molecule has 688 valence electrons. The van der Waals surface area contributed by atoms with Gasteiger partial charge in [-0.3, -0.25) is 24.6 Å². The van der Waals surface area contributed by atoms with Crippen LogP contribution in [0.1, 0.15) is 109 Å². The van der Waals surface area contributed by atoms with E-state index in [1.807, 2.05) is 18.5 Å². The van der Waals surface area contributed by atoms with Gasteiger partial charge in [0.05, 0.1) is 11.9 Å². The van der Waals surface area contributed by atoms with Crippen LogP contribution in [-0.2, 0) is 6.42 Å². The summed E-state index contributed by atoms with van der Waals surface area (Å²) in [5.41, 5.74) is 24.6. The lowest BCUT2D eigenvalue weighted by Crippen LogP contribution is -2.51. The number of hydrogen-bond donors (Lipinski definition) is 9. The third kappa shape index (κ3) is 23.0. The number of benzene rings is 8. The number of rotatable bonds is 24. The summed E-state index contributed by atoms with van der Waals surface area (Å²) in [6, 6.07) is 76.8. The highest BCUT2D eigenvalue weighted by Gasteiger charge is 2.29. The molecule has 8 aromatic carbocycles. The van der Waals surface area contributed by atoms with Crippen molar-refractivity contribution in [1.29, 1.82) is 0 Å². The summed E-state index contributed by atoms with van der Waals surface area (Å²) in [6.45, 7) is 40.3. The molecule has 0 radical (unpaired) electrons. The zero-order valence-corrected chi connectivity index (χ0v) is 78.8. The maximum Gasteiger partial charge on any atom is 0.123 e. The number of halogens is 1. The molecule has 19 nitrogen and oxygen atoms in total. The van der Waals surface area contributed by atoms with Crippen molar-refractivity contribution < 1.29 is 4.39 Å². The van der Waals surface area contributed by atoms with E-state index in [-0.39, 0.29) is 5.82 Å². The minimum atomic E-state index is -0.204. The van der Waals surface area contributed by atoms with Gasteiger partial charge in [0.2, 0.25) is 0 Å². The highest BCUT2D eigenvalue weighted by atomic mass is 19.1. The standard InChI is InChI=1S/C29H29FN4.2C29H41N5.C24H31N5/c30-23-8-9-27-22(16-23)18-29(33-27)20-4-3-5-25(17-20)34-14-11-24(12-15-34)31-13-10-21-19-32-28-7-2-1-6-26(21)28;1-22(2)33-19-17-32(18-20-33)16-13-30-25-11-14-34(15-12-25)26-8-6-7-24(21-26)29-23(3)27-9-4-5-10-28(27)31-29;1-22(2)33-19-17-32(18-20-33)16-13-30-25-11-14-34(15-12-25)29-10-6-8-26(23(29)3)28-21-24-7-4-5-9-27(24)31-28;1-28-10-6-20(7-11-28)26-21-8-12-29(13-9-21)22-14-19(16-25-17-22)24-15-18-4-2-3-5-23(18)27-24/h1-9,16-19,24,31-33H,10-15H2;2*4-10,21-22,25,30-31H,11-20H2,1-3H3;2-5,14-17,20-21,26-27H,6-13H2,1H3. The summed E-state index contributed by atoms with van der Waals surface area (Å²) < 4.78 is 13.6. The highest BCUT2D eigenvalue weighted by Crippen LogP contribution is 2.38. The summed E-state index contributed by atoms with van der Waals surface area (Å²) >= 11 is 0. The molecule has 9 N–H and O–H groups in total. The van der Waals surface area contributed by atoms with Crippen LogP contribution in [0.4, 0.5) is 27.1 Å². The van der Waals surface area contributed by atoms with Crippen LogP contribution in [0, 0.1) is 19.7 Å². The van der Waals surface area contributed by atoms with E-state index in [0.717, 1.165) is 125 Å². The molecule has 0 atom stereocenters. The van der Waals surface area contributed by atoms with Gasteiger partial charge in [-0.05, 0) is 258 Å². The van der Waals surface area contributed by atoms with E-state index in [2.05, 4.69) is 332 Å². The summed E-state index contributed by atoms with van der Waals surface area (Å²) in [5, 5.41) is 21.5. The van der Waals surface area contributed by atoms with E-state index >= 15 is 0 Å². The molecule has 7 saturated heterocycles. The number of hydrogen-bond acceptors (Lipinski definition) is 14. The average molecular weight is 1760 g/mol. The predicted octanol–water partition coefficient (Wildman–Crippen LogP) is 19.6. The third-order valence-corrected chi connectivity index (χ3v) is 29.6. The van der Waals surface area contributed by atoms with Crippen LogP contribution in [0.2, 0.25) is 0 Å². The zero-order chi connectivity index (χ0) is 89.5. The molecule has 13 heterocycles. The quantitative estimate of drug-likeness (QED) is 0.0280. The van der Waals surface area contributed by atoms with Crippen molar-refractivity contribution >= 4 is 77.3 Å². The van der Waals surface area contributed by atoms with Gasteiger partial charge in [-0.1, -0.05) is 109 Å². The van der Waals surface area contributed by atoms with Gasteiger partial charge in [0, 0.05) is 297 Å². The van der Waals surface area contributed by atoms with Gasteiger partial charge in [0.25, 0.3) is 0 Å². The number of aromatic nitrogens is 6. The van der Waals surface area contributed by atoms with Crippen LogP contribution < -0.4 is 40.9 Å². The van der Waals surface area contributed by atoms with E-state index in [1.54, 1.807) is 12.1 Å². The fourth-order valence-electron chi connectivity index (χ4n) is 21.4. The van der Waals surface area contributed by atoms with E-state index in [4.69, 9.17) is 0 Å². The lowest BCUT2D eigenvalue weighted by molar-refractivity contribution is 0.108. The first-order valence-corrected chi connectivity index (χ1v) is 49.5. The maximum absolute atomic E-state index is 13.6. The highest BCUT2D eigenvalue weighted by molar-refractivity contribution is 5.92. The molecule has 7 aliphatic rings. The number of H-pyrrole nitrogens is 5. The van der Waals surface area contributed by atoms with Crippen LogP contribution in [0.15, 0.2) is 225 Å². The van der Waals surface area contributed by atoms with Gasteiger partial charge >= 0.3 is 0 Å². The largest absolute Gasteiger partial charge is 0.371 e. The van der Waals surface area contributed by atoms with Gasteiger partial charge in [-0.15, -0.1) is 0 Å². The van der Waals surface area contributed by atoms with Gasteiger partial charge in [-0.25, -0.2) is 4.39 Å². The minimum Gasteiger partial charge on any atom is -0.371 e. The first-order valence-electron chi connectivity index (χ1n) is 49.5. The molecule has 0 unspecified atom stereocenters. The Morgan fingerprint density at radius 3 is 1.43 bits per heavy atom. The van der Waals surface area contributed by atoms with Crippen molar-refractivity contribution in [3.63, 3.8) is 0 Å². The molecular weight excluding hydrogens is 1620 g/mol. The Hall–Kier alpha value is -10.6. The Bertz CT molecular complexity index is 5890. The normalized spacial score (nSPS) is 18.1. The van der Waals surface area contributed by atoms with E-state index in [0.29, 0.717) is 42.3 Å². The fraction of sp³-hybridized carbons (Fsp3) is 0.432. The van der Waals surface area contributed by atoms with Crippen molar-refractivity contribution in [2.24, 2.45) is 0 Å². The summed E-state index contributed by atoms with van der Waals surface area (Å²) in [5.74, 6) is -0.204. The SMILES string of the molecule is CN1CCC(NC2CCN(c3cncc(-c4cc5ccccc5[nH]4)c3)CC2)CC1.Cc1c(-c2cc3ccccc3[nH]2)cccc1N1CCC(NCCN2CCN(C(C)C)CC2)CC1.Cc1c(-c2cccc(N3CCC(NCCN4CCN(C(C)C)CC4)CC3)c2)[nH]c2ccccc12.Fc1ccc2[nH]c(-c3cccc(N4CCC(NCCc5c[nH]c6ccccc56)CC4)c3)cc2c1. The van der Waals surface area contributed by atoms with Crippen LogP contribution in [-0.4, -0.2) is 254 Å². The molecule has 0 amide bonds. The topological polar surface area (TPSA) is 169 Å². The summed E-state index contributed by atoms with van der Waals surface area (Å²) in [4.78, 5) is 45.1. The number of anilines is 4. The Morgan fingerprint density at radius 2 is 0.840 bits per heavy atom. The molecule has 6 aromatic heterocycles. The molecule has 0 bridgehead atoms. The molecule has 7 aliphatic heterocycles. The number of piperidine rings is 5. The zero-order valence-electron chi connectivity index (χ0n) is 78.8. The number of aromatic amines is 5. The van der Waals surface area contributed by atoms with Gasteiger partial charge < -0.3 is 70.7 Å². The average Bonchev–Trinajstić information content (AvgIpc) is 1.68. The number of piperazine rings is 2. The van der Waals surface area contributed by atoms with Crippen LogP contribution in [0.3, 0.4) is 0 Å². The first-order chi connectivity index (χ1) is 64.1. The van der Waals surface area contributed by atoms with Crippen molar-refractivity contribution in [3.8, 4) is 45.0 Å². The minimum absolute atomic E-state index is 0.204. The van der Waals surface area contributed by atoms with Crippen LogP contribution >= 0.6 is 0 Å². The lowest BCUT2D eigenvalue weighted by Gasteiger charge is -2.38. The third-order valence-electron chi connectivity index (χ3n) is 29.6. The molecular formula is C111H142FN19. The molecule has 7 fully saturated rings. The van der Waals surface area contributed by atoms with Gasteiger partial charge in [0.1, 0.15) is 5.82 Å². The monoisotopic (exact) mass is 1760 g/mol. The van der Waals surface area contributed by atoms with Crippen molar-refractivity contribution in [2.45, 2.75) is 154 Å². The maximum atomic E-state index is 13.6. The van der Waals surface area contributed by atoms with E-state index in [9.17, 15) is 4.39 Å². The molecule has 20 heteroatoms. The molecule has 0 saturated carbocycles. The second-order valence-electron chi connectivity index (χ2n) is 38.8.